The largest absolute Gasteiger partial charge is 0.298 e. The maximum absolute atomic E-state index is 11.7. The highest BCUT2D eigenvalue weighted by atomic mass is 127. The average molecular weight is 352 g/mol. The zero-order chi connectivity index (χ0) is 12.3. The van der Waals surface area contributed by atoms with Crippen molar-refractivity contribution in [2.75, 3.05) is 6.26 Å². The van der Waals surface area contributed by atoms with E-state index in [0.29, 0.717) is 0 Å². The fraction of sp³-hybridized carbons (Fsp3) is 0.364. The lowest BCUT2D eigenvalue weighted by atomic mass is 10.1. The molecule has 0 fully saturated rings. The van der Waals surface area contributed by atoms with Gasteiger partial charge in [-0.3, -0.25) is 4.79 Å². The van der Waals surface area contributed by atoms with Crippen LogP contribution in [-0.4, -0.2) is 25.7 Å². The summed E-state index contributed by atoms with van der Waals surface area (Å²) < 4.78 is 23.5. The summed E-state index contributed by atoms with van der Waals surface area (Å²) in [6.45, 7) is 1.43. The first kappa shape index (κ1) is 13.6. The van der Waals surface area contributed by atoms with Crippen LogP contribution < -0.4 is 0 Å². The smallest absolute Gasteiger partial charge is 0.157 e. The molecule has 0 radical (unpaired) electrons. The molecule has 0 saturated carbocycles. The van der Waals surface area contributed by atoms with E-state index in [2.05, 4.69) is 22.6 Å². The van der Waals surface area contributed by atoms with Gasteiger partial charge in [0.1, 0.15) is 5.25 Å². The fourth-order valence-corrected chi connectivity index (χ4v) is 2.11. The second-order valence-corrected chi connectivity index (χ2v) is 7.35. The standard InChI is InChI=1S/C11H13IO3S/c1-8(16(2,14)15)11(13)7-9-3-5-10(12)6-4-9/h3-6,8H,7H2,1-2H3. The van der Waals surface area contributed by atoms with Crippen LogP contribution in [0, 0.1) is 3.57 Å². The topological polar surface area (TPSA) is 51.2 Å². The number of carbonyl (C=O) groups is 1. The summed E-state index contributed by atoms with van der Waals surface area (Å²) in [5.74, 6) is -0.260. The molecule has 1 aromatic carbocycles. The maximum Gasteiger partial charge on any atom is 0.157 e. The van der Waals surface area contributed by atoms with Crippen LogP contribution in [0.3, 0.4) is 0 Å². The van der Waals surface area contributed by atoms with E-state index in [0.717, 1.165) is 15.4 Å². The summed E-state index contributed by atoms with van der Waals surface area (Å²) in [6, 6.07) is 7.48. The number of carbonyl (C=O) groups excluding carboxylic acids is 1. The van der Waals surface area contributed by atoms with E-state index >= 15 is 0 Å². The number of ketones is 1. The minimum atomic E-state index is -3.28. The molecule has 5 heteroatoms. The van der Waals surface area contributed by atoms with Crippen LogP contribution in [0.5, 0.6) is 0 Å². The summed E-state index contributed by atoms with van der Waals surface area (Å²) in [5.41, 5.74) is 0.848. The van der Waals surface area contributed by atoms with Gasteiger partial charge < -0.3 is 0 Å². The zero-order valence-electron chi connectivity index (χ0n) is 9.10. The second-order valence-electron chi connectivity index (χ2n) is 3.74. The molecule has 0 bridgehead atoms. The van der Waals surface area contributed by atoms with Crippen LogP contribution in [-0.2, 0) is 21.1 Å². The lowest BCUT2D eigenvalue weighted by Crippen LogP contribution is -2.27. The van der Waals surface area contributed by atoms with E-state index in [1.807, 2.05) is 24.3 Å². The molecule has 1 rings (SSSR count). The van der Waals surface area contributed by atoms with Crippen molar-refractivity contribution < 1.29 is 13.2 Å². The highest BCUT2D eigenvalue weighted by Crippen LogP contribution is 2.10. The molecule has 1 unspecified atom stereocenters. The van der Waals surface area contributed by atoms with Crippen LogP contribution in [0.2, 0.25) is 0 Å². The third kappa shape index (κ3) is 3.86. The van der Waals surface area contributed by atoms with Gasteiger partial charge in [-0.25, -0.2) is 8.42 Å². The van der Waals surface area contributed by atoms with Gasteiger partial charge in [-0.15, -0.1) is 0 Å². The Balaban J connectivity index is 2.76. The van der Waals surface area contributed by atoms with Crippen molar-refractivity contribution in [3.05, 3.63) is 33.4 Å². The Kier molecular flexibility index (Phi) is 4.49. The van der Waals surface area contributed by atoms with E-state index in [1.54, 1.807) is 0 Å². The molecule has 88 valence electrons. The number of rotatable bonds is 4. The first-order valence-electron chi connectivity index (χ1n) is 4.76. The average Bonchev–Trinajstić information content (AvgIpc) is 2.19. The lowest BCUT2D eigenvalue weighted by Gasteiger charge is -2.08. The van der Waals surface area contributed by atoms with Crippen molar-refractivity contribution in [2.24, 2.45) is 0 Å². The molecular formula is C11H13IO3S. The van der Waals surface area contributed by atoms with E-state index in [-0.39, 0.29) is 12.2 Å². The molecule has 0 aromatic heterocycles. The van der Waals surface area contributed by atoms with Crippen LogP contribution in [0.25, 0.3) is 0 Å². The Labute approximate surface area is 109 Å². The van der Waals surface area contributed by atoms with Gasteiger partial charge in [0.2, 0.25) is 0 Å². The van der Waals surface area contributed by atoms with Crippen molar-refractivity contribution in [1.82, 2.24) is 0 Å². The molecular weight excluding hydrogens is 339 g/mol. The predicted octanol–water partition coefficient (Wildman–Crippen LogP) is 1.84. The monoisotopic (exact) mass is 352 g/mol. The molecule has 3 nitrogen and oxygen atoms in total. The van der Waals surface area contributed by atoms with Crippen LogP contribution >= 0.6 is 22.6 Å². The van der Waals surface area contributed by atoms with Crippen molar-refractivity contribution in [1.29, 1.82) is 0 Å². The number of halogens is 1. The van der Waals surface area contributed by atoms with Crippen molar-refractivity contribution >= 4 is 38.2 Å². The van der Waals surface area contributed by atoms with Gasteiger partial charge in [-0.05, 0) is 47.2 Å². The van der Waals surface area contributed by atoms with Gasteiger partial charge in [0, 0.05) is 16.2 Å². The van der Waals surface area contributed by atoms with Gasteiger partial charge in [0.05, 0.1) is 0 Å². The molecule has 1 aromatic rings. The van der Waals surface area contributed by atoms with Crippen molar-refractivity contribution in [3.8, 4) is 0 Å². The van der Waals surface area contributed by atoms with Crippen molar-refractivity contribution in [3.63, 3.8) is 0 Å². The Morgan fingerprint density at radius 3 is 2.25 bits per heavy atom. The number of benzene rings is 1. The van der Waals surface area contributed by atoms with Gasteiger partial charge in [0.25, 0.3) is 0 Å². The molecule has 0 aliphatic carbocycles. The van der Waals surface area contributed by atoms with Gasteiger partial charge in [-0.2, -0.15) is 0 Å². The number of hydrogen-bond acceptors (Lipinski definition) is 3. The Morgan fingerprint density at radius 1 is 1.31 bits per heavy atom. The third-order valence-corrected chi connectivity index (χ3v) is 4.65. The molecule has 0 aliphatic rings. The highest BCUT2D eigenvalue weighted by Gasteiger charge is 2.23. The van der Waals surface area contributed by atoms with E-state index in [9.17, 15) is 13.2 Å². The quantitative estimate of drug-likeness (QED) is 0.777. The number of hydrogen-bond donors (Lipinski definition) is 0. The Bertz CT molecular complexity index is 476. The normalized spacial score (nSPS) is 13.4. The van der Waals surface area contributed by atoms with Crippen molar-refractivity contribution in [2.45, 2.75) is 18.6 Å². The molecule has 0 aliphatic heterocycles. The SMILES string of the molecule is CC(C(=O)Cc1ccc(I)cc1)S(C)(=O)=O. The molecule has 1 atom stereocenters. The fourth-order valence-electron chi connectivity index (χ4n) is 1.19. The minimum absolute atomic E-state index is 0.172. The van der Waals surface area contributed by atoms with E-state index in [1.165, 1.54) is 6.92 Å². The minimum Gasteiger partial charge on any atom is -0.298 e. The molecule has 0 N–H and O–H groups in total. The number of Topliss-reactive ketones (excluding diaryl/α,β-unsaturated/α-hetero) is 1. The Morgan fingerprint density at radius 2 is 1.81 bits per heavy atom. The molecule has 0 spiro atoms. The van der Waals surface area contributed by atoms with Gasteiger partial charge >= 0.3 is 0 Å². The molecule has 16 heavy (non-hydrogen) atoms. The predicted molar refractivity (Wildman–Crippen MR) is 72.2 cm³/mol. The highest BCUT2D eigenvalue weighted by molar-refractivity contribution is 14.1. The zero-order valence-corrected chi connectivity index (χ0v) is 12.1. The van der Waals surface area contributed by atoms with Gasteiger partial charge in [-0.1, -0.05) is 12.1 Å². The molecule has 0 heterocycles. The number of sulfone groups is 1. The third-order valence-electron chi connectivity index (χ3n) is 2.39. The summed E-state index contributed by atoms with van der Waals surface area (Å²) in [6.07, 6.45) is 1.26. The second kappa shape index (κ2) is 5.27. The summed E-state index contributed by atoms with van der Waals surface area (Å²) in [7, 11) is -3.28. The van der Waals surface area contributed by atoms with Crippen LogP contribution in [0.1, 0.15) is 12.5 Å². The van der Waals surface area contributed by atoms with Crippen LogP contribution in [0.15, 0.2) is 24.3 Å². The summed E-state index contributed by atoms with van der Waals surface area (Å²) >= 11 is 2.18. The Hall–Kier alpha value is -0.430. The molecule has 0 saturated heterocycles. The summed E-state index contributed by atoms with van der Waals surface area (Å²) in [5, 5.41) is -0.924. The lowest BCUT2D eigenvalue weighted by molar-refractivity contribution is -0.117. The van der Waals surface area contributed by atoms with Gasteiger partial charge in [0.15, 0.2) is 15.6 Å². The van der Waals surface area contributed by atoms with Crippen LogP contribution in [0.4, 0.5) is 0 Å². The summed E-state index contributed by atoms with van der Waals surface area (Å²) in [4.78, 5) is 11.7. The molecule has 0 amide bonds. The first-order valence-corrected chi connectivity index (χ1v) is 7.80. The first-order chi connectivity index (χ1) is 7.30. The van der Waals surface area contributed by atoms with E-state index < -0.39 is 15.1 Å². The van der Waals surface area contributed by atoms with E-state index in [4.69, 9.17) is 0 Å². The maximum atomic E-state index is 11.7.